The molecule has 31 heavy (non-hydrogen) atoms. The molecule has 1 aliphatic carbocycles. The Bertz CT molecular complexity index is 986. The summed E-state index contributed by atoms with van der Waals surface area (Å²) in [5.41, 5.74) is 0.893. The fraction of sp³-hybridized carbons (Fsp3) is 0.591. The summed E-state index contributed by atoms with van der Waals surface area (Å²) >= 11 is 0. The lowest BCUT2D eigenvalue weighted by Gasteiger charge is -2.25. The van der Waals surface area contributed by atoms with Crippen molar-refractivity contribution in [2.45, 2.75) is 63.5 Å². The summed E-state index contributed by atoms with van der Waals surface area (Å²) in [6.07, 6.45) is 9.24. The van der Waals surface area contributed by atoms with E-state index >= 15 is 0 Å². The van der Waals surface area contributed by atoms with Gasteiger partial charge in [0.05, 0.1) is 12.3 Å². The molecular formula is C22H31N5O3S. The number of likely N-dealkylation sites (tertiary alicyclic amines) is 1. The summed E-state index contributed by atoms with van der Waals surface area (Å²) < 4.78 is 26.2. The standard InChI is InChI=1S/C22H31N5O3S/c1-31(29,30)26-18-14-19(22-23-21(24-25-22)17-10-6-3-7-11-17)27(15-18)20(28)13-12-16-8-4-2-5-9-16/h3,6-7,10-11,16,18-19,26H,2,4-5,8-9,12-15H2,1H3,(H,23,24,25)/t18-,19-/m0/s1. The minimum Gasteiger partial charge on any atom is -0.331 e. The second-order valence-electron chi connectivity index (χ2n) is 8.84. The van der Waals surface area contributed by atoms with E-state index in [2.05, 4.69) is 19.9 Å². The number of nitrogens with zero attached hydrogens (tertiary/aromatic N) is 3. The van der Waals surface area contributed by atoms with E-state index < -0.39 is 10.0 Å². The van der Waals surface area contributed by atoms with E-state index in [1.807, 2.05) is 30.3 Å². The molecule has 0 bridgehead atoms. The van der Waals surface area contributed by atoms with Crippen LogP contribution in [0.15, 0.2) is 30.3 Å². The average molecular weight is 446 g/mol. The van der Waals surface area contributed by atoms with Crippen LogP contribution < -0.4 is 4.72 Å². The molecule has 2 N–H and O–H groups in total. The van der Waals surface area contributed by atoms with Crippen molar-refractivity contribution in [3.63, 3.8) is 0 Å². The van der Waals surface area contributed by atoms with Crippen molar-refractivity contribution < 1.29 is 13.2 Å². The summed E-state index contributed by atoms with van der Waals surface area (Å²) in [5, 5.41) is 7.32. The minimum atomic E-state index is -3.36. The minimum absolute atomic E-state index is 0.0611. The van der Waals surface area contributed by atoms with E-state index in [0.717, 1.165) is 18.2 Å². The van der Waals surface area contributed by atoms with Crippen molar-refractivity contribution in [3.05, 3.63) is 36.2 Å². The number of amides is 1. The molecule has 1 amide bonds. The zero-order valence-corrected chi connectivity index (χ0v) is 18.8. The second kappa shape index (κ2) is 9.48. The van der Waals surface area contributed by atoms with Crippen LogP contribution in [0, 0.1) is 5.92 Å². The third-order valence-electron chi connectivity index (χ3n) is 6.34. The SMILES string of the molecule is CS(=O)(=O)N[C@H]1C[C@@H](c2nc(-c3ccccc3)n[nH]2)N(C(=O)CCC2CCCCC2)C1. The summed E-state index contributed by atoms with van der Waals surface area (Å²) in [6, 6.07) is 9.00. The summed E-state index contributed by atoms with van der Waals surface area (Å²) in [6.45, 7) is 0.350. The van der Waals surface area contributed by atoms with Gasteiger partial charge in [-0.15, -0.1) is 0 Å². The smallest absolute Gasteiger partial charge is 0.223 e. The Morgan fingerprint density at radius 3 is 2.65 bits per heavy atom. The van der Waals surface area contributed by atoms with Gasteiger partial charge >= 0.3 is 0 Å². The Kier molecular flexibility index (Phi) is 6.71. The Morgan fingerprint density at radius 2 is 1.94 bits per heavy atom. The molecule has 1 aliphatic heterocycles. The number of carbonyl (C=O) groups is 1. The summed E-state index contributed by atoms with van der Waals surface area (Å²) in [5.74, 6) is 1.86. The lowest BCUT2D eigenvalue weighted by Crippen LogP contribution is -2.38. The number of nitrogens with one attached hydrogen (secondary N) is 2. The van der Waals surface area contributed by atoms with E-state index in [1.165, 1.54) is 32.1 Å². The quantitative estimate of drug-likeness (QED) is 0.681. The van der Waals surface area contributed by atoms with Crippen molar-refractivity contribution in [3.8, 4) is 11.4 Å². The molecular weight excluding hydrogens is 414 g/mol. The zero-order chi connectivity index (χ0) is 21.8. The summed E-state index contributed by atoms with van der Waals surface area (Å²) in [7, 11) is -3.36. The molecule has 2 aliphatic rings. The lowest BCUT2D eigenvalue weighted by atomic mass is 9.86. The first-order valence-electron chi connectivity index (χ1n) is 11.1. The molecule has 9 heteroatoms. The number of rotatable bonds is 7. The van der Waals surface area contributed by atoms with Gasteiger partial charge in [0.2, 0.25) is 15.9 Å². The molecule has 8 nitrogen and oxygen atoms in total. The molecule has 1 aromatic heterocycles. The molecule has 2 aromatic rings. The van der Waals surface area contributed by atoms with Gasteiger partial charge in [0, 0.05) is 24.6 Å². The van der Waals surface area contributed by atoms with Gasteiger partial charge in [-0.25, -0.2) is 18.1 Å². The first kappa shape index (κ1) is 22.0. The molecule has 1 saturated heterocycles. The van der Waals surface area contributed by atoms with Crippen molar-refractivity contribution >= 4 is 15.9 Å². The van der Waals surface area contributed by atoms with Gasteiger partial charge in [-0.05, 0) is 18.8 Å². The van der Waals surface area contributed by atoms with Crippen LogP contribution in [-0.2, 0) is 14.8 Å². The van der Waals surface area contributed by atoms with Crippen LogP contribution in [0.5, 0.6) is 0 Å². The van der Waals surface area contributed by atoms with E-state index in [0.29, 0.717) is 37.0 Å². The number of aromatic amines is 1. The van der Waals surface area contributed by atoms with Crippen LogP contribution in [-0.4, -0.2) is 53.2 Å². The largest absolute Gasteiger partial charge is 0.331 e. The number of benzene rings is 1. The molecule has 2 heterocycles. The highest BCUT2D eigenvalue weighted by molar-refractivity contribution is 7.88. The van der Waals surface area contributed by atoms with Crippen LogP contribution >= 0.6 is 0 Å². The predicted molar refractivity (Wildman–Crippen MR) is 118 cm³/mol. The van der Waals surface area contributed by atoms with Gasteiger partial charge in [-0.2, -0.15) is 5.10 Å². The maximum atomic E-state index is 13.1. The monoisotopic (exact) mass is 445 g/mol. The number of H-pyrrole nitrogens is 1. The number of aromatic nitrogens is 3. The normalized spacial score (nSPS) is 22.7. The van der Waals surface area contributed by atoms with Gasteiger partial charge in [-0.1, -0.05) is 62.4 Å². The van der Waals surface area contributed by atoms with Gasteiger partial charge in [0.25, 0.3) is 0 Å². The highest BCUT2D eigenvalue weighted by Gasteiger charge is 2.39. The van der Waals surface area contributed by atoms with Crippen LogP contribution in [0.25, 0.3) is 11.4 Å². The average Bonchev–Trinajstić information content (AvgIpc) is 3.39. The second-order valence-corrected chi connectivity index (χ2v) is 10.6. The number of sulfonamides is 1. The molecule has 0 unspecified atom stereocenters. The van der Waals surface area contributed by atoms with E-state index in [4.69, 9.17) is 0 Å². The molecule has 0 radical (unpaired) electrons. The molecule has 4 rings (SSSR count). The van der Waals surface area contributed by atoms with Crippen molar-refractivity contribution in [2.75, 3.05) is 12.8 Å². The Labute approximate surface area is 183 Å². The Hall–Kier alpha value is -2.26. The van der Waals surface area contributed by atoms with Gasteiger partial charge in [0.15, 0.2) is 5.82 Å². The fourth-order valence-corrected chi connectivity index (χ4v) is 5.62. The molecule has 168 valence electrons. The Balaban J connectivity index is 1.49. The number of hydrogen-bond donors (Lipinski definition) is 2. The summed E-state index contributed by atoms with van der Waals surface area (Å²) in [4.78, 5) is 19.6. The third kappa shape index (κ3) is 5.71. The van der Waals surface area contributed by atoms with Gasteiger partial charge < -0.3 is 4.90 Å². The van der Waals surface area contributed by atoms with Gasteiger partial charge in [-0.3, -0.25) is 9.89 Å². The first-order chi connectivity index (χ1) is 14.9. The predicted octanol–water partition coefficient (Wildman–Crippen LogP) is 3.02. The highest BCUT2D eigenvalue weighted by atomic mass is 32.2. The number of hydrogen-bond acceptors (Lipinski definition) is 5. The third-order valence-corrected chi connectivity index (χ3v) is 7.11. The molecule has 2 fully saturated rings. The van der Waals surface area contributed by atoms with E-state index in [-0.39, 0.29) is 18.0 Å². The van der Waals surface area contributed by atoms with Crippen LogP contribution in [0.2, 0.25) is 0 Å². The van der Waals surface area contributed by atoms with Crippen molar-refractivity contribution in [1.29, 1.82) is 0 Å². The fourth-order valence-electron chi connectivity index (χ4n) is 4.85. The molecule has 0 spiro atoms. The van der Waals surface area contributed by atoms with Crippen molar-refractivity contribution in [1.82, 2.24) is 24.8 Å². The highest BCUT2D eigenvalue weighted by Crippen LogP contribution is 2.33. The van der Waals surface area contributed by atoms with Crippen LogP contribution in [0.3, 0.4) is 0 Å². The zero-order valence-electron chi connectivity index (χ0n) is 18.0. The van der Waals surface area contributed by atoms with Crippen LogP contribution in [0.4, 0.5) is 0 Å². The van der Waals surface area contributed by atoms with Gasteiger partial charge in [0.1, 0.15) is 5.82 Å². The molecule has 2 atom stereocenters. The van der Waals surface area contributed by atoms with Crippen LogP contribution in [0.1, 0.15) is 63.2 Å². The maximum absolute atomic E-state index is 13.1. The maximum Gasteiger partial charge on any atom is 0.223 e. The van der Waals surface area contributed by atoms with Crippen molar-refractivity contribution in [2.24, 2.45) is 5.92 Å². The molecule has 1 aromatic carbocycles. The lowest BCUT2D eigenvalue weighted by molar-refractivity contribution is -0.132. The topological polar surface area (TPSA) is 108 Å². The van der Waals surface area contributed by atoms with E-state index in [9.17, 15) is 13.2 Å². The number of carbonyl (C=O) groups excluding carboxylic acids is 1. The van der Waals surface area contributed by atoms with E-state index in [1.54, 1.807) is 4.90 Å². The first-order valence-corrected chi connectivity index (χ1v) is 13.0. The Morgan fingerprint density at radius 1 is 1.19 bits per heavy atom. The molecule has 1 saturated carbocycles.